The minimum absolute atomic E-state index is 0.980. The molecule has 0 fully saturated rings. The van der Waals surface area contributed by atoms with Gasteiger partial charge in [-0.2, -0.15) is 0 Å². The minimum atomic E-state index is 0.980. The predicted octanol–water partition coefficient (Wildman–Crippen LogP) is 3.36. The monoisotopic (exact) mass is 179 g/mol. The van der Waals surface area contributed by atoms with E-state index >= 15 is 0 Å². The zero-order chi connectivity index (χ0) is 10.1. The molecule has 0 rings (SSSR count). The standard InChI is InChI=1S/C12H21N/c1-5-8-9-10-12(6-2)11-13(4)7-3/h6-9H,3,5,10-11H2,1-2,4H3/b9-8+,12-6-. The molecule has 0 bridgehead atoms. The van der Waals surface area contributed by atoms with Crippen molar-refractivity contribution >= 4 is 0 Å². The second-order valence-corrected chi connectivity index (χ2v) is 3.13. The molecule has 0 aliphatic carbocycles. The molecule has 0 spiro atoms. The summed E-state index contributed by atoms with van der Waals surface area (Å²) in [5.74, 6) is 0. The van der Waals surface area contributed by atoms with Crippen LogP contribution in [0, 0.1) is 0 Å². The zero-order valence-electron chi connectivity index (χ0n) is 9.09. The second-order valence-electron chi connectivity index (χ2n) is 3.13. The van der Waals surface area contributed by atoms with E-state index in [9.17, 15) is 0 Å². The lowest BCUT2D eigenvalue weighted by molar-refractivity contribution is 0.494. The number of hydrogen-bond donors (Lipinski definition) is 0. The smallest absolute Gasteiger partial charge is 0.0382 e. The Morgan fingerprint density at radius 2 is 2.08 bits per heavy atom. The molecule has 0 N–H and O–H groups in total. The van der Waals surface area contributed by atoms with Gasteiger partial charge in [0, 0.05) is 13.6 Å². The fourth-order valence-electron chi connectivity index (χ4n) is 1.06. The Balaban J connectivity index is 3.91. The van der Waals surface area contributed by atoms with Gasteiger partial charge in [0.2, 0.25) is 0 Å². The largest absolute Gasteiger partial charge is 0.377 e. The van der Waals surface area contributed by atoms with Crippen molar-refractivity contribution < 1.29 is 0 Å². The van der Waals surface area contributed by atoms with Crippen LogP contribution in [0.2, 0.25) is 0 Å². The van der Waals surface area contributed by atoms with Crippen LogP contribution in [-0.4, -0.2) is 18.5 Å². The van der Waals surface area contributed by atoms with Crippen LogP contribution in [0.3, 0.4) is 0 Å². The number of hydrogen-bond acceptors (Lipinski definition) is 1. The average molecular weight is 179 g/mol. The molecule has 0 aromatic carbocycles. The van der Waals surface area contributed by atoms with E-state index in [0.717, 1.165) is 19.4 Å². The maximum Gasteiger partial charge on any atom is 0.0382 e. The van der Waals surface area contributed by atoms with Gasteiger partial charge in [-0.3, -0.25) is 0 Å². The molecule has 0 atom stereocenters. The number of likely N-dealkylation sites (N-methyl/N-ethyl adjacent to an activating group) is 1. The summed E-state index contributed by atoms with van der Waals surface area (Å²) in [6.45, 7) is 8.95. The van der Waals surface area contributed by atoms with Gasteiger partial charge in [-0.1, -0.05) is 37.3 Å². The third-order valence-corrected chi connectivity index (χ3v) is 1.95. The summed E-state index contributed by atoms with van der Waals surface area (Å²) in [5, 5.41) is 0. The van der Waals surface area contributed by atoms with Crippen molar-refractivity contribution in [2.24, 2.45) is 0 Å². The van der Waals surface area contributed by atoms with Crippen LogP contribution < -0.4 is 0 Å². The summed E-state index contributed by atoms with van der Waals surface area (Å²) in [6.07, 6.45) is 10.6. The lowest BCUT2D eigenvalue weighted by atomic mass is 10.1. The molecule has 0 amide bonds. The quantitative estimate of drug-likeness (QED) is 0.565. The van der Waals surface area contributed by atoms with Crippen LogP contribution in [0.25, 0.3) is 0 Å². The minimum Gasteiger partial charge on any atom is -0.377 e. The summed E-state index contributed by atoms with van der Waals surface area (Å²) in [6, 6.07) is 0. The highest BCUT2D eigenvalue weighted by Gasteiger charge is 1.95. The van der Waals surface area contributed by atoms with Gasteiger partial charge < -0.3 is 4.90 Å². The van der Waals surface area contributed by atoms with Crippen LogP contribution in [0.4, 0.5) is 0 Å². The molecule has 0 aromatic rings. The Bertz CT molecular complexity index is 189. The van der Waals surface area contributed by atoms with E-state index in [1.54, 1.807) is 0 Å². The van der Waals surface area contributed by atoms with Crippen LogP contribution in [0.15, 0.2) is 36.6 Å². The molecule has 74 valence electrons. The SMILES string of the molecule is C=CN(C)C/C(=C\C)C/C=C/CC. The van der Waals surface area contributed by atoms with Gasteiger partial charge in [0.1, 0.15) is 0 Å². The molecular formula is C12H21N. The second kappa shape index (κ2) is 7.66. The van der Waals surface area contributed by atoms with Crippen molar-refractivity contribution in [3.05, 3.63) is 36.6 Å². The van der Waals surface area contributed by atoms with Crippen LogP contribution in [-0.2, 0) is 0 Å². The summed E-state index contributed by atoms with van der Waals surface area (Å²) in [7, 11) is 2.04. The van der Waals surface area contributed by atoms with Crippen molar-refractivity contribution in [2.45, 2.75) is 26.7 Å². The molecule has 13 heavy (non-hydrogen) atoms. The summed E-state index contributed by atoms with van der Waals surface area (Å²) in [5.41, 5.74) is 1.44. The molecule has 0 unspecified atom stereocenters. The van der Waals surface area contributed by atoms with E-state index in [0.29, 0.717) is 0 Å². The van der Waals surface area contributed by atoms with Gasteiger partial charge >= 0.3 is 0 Å². The molecule has 0 saturated heterocycles. The van der Waals surface area contributed by atoms with Crippen molar-refractivity contribution in [2.75, 3.05) is 13.6 Å². The van der Waals surface area contributed by atoms with Gasteiger partial charge in [0.05, 0.1) is 0 Å². The fourth-order valence-corrected chi connectivity index (χ4v) is 1.06. The number of nitrogens with zero attached hydrogens (tertiary/aromatic N) is 1. The molecule has 0 aliphatic heterocycles. The third kappa shape index (κ3) is 6.21. The Hall–Kier alpha value is -0.980. The van der Waals surface area contributed by atoms with Crippen LogP contribution in [0.1, 0.15) is 26.7 Å². The number of rotatable bonds is 6. The van der Waals surface area contributed by atoms with Gasteiger partial charge in [0.25, 0.3) is 0 Å². The molecule has 0 saturated carbocycles. The first-order valence-electron chi connectivity index (χ1n) is 4.86. The van der Waals surface area contributed by atoms with E-state index in [2.05, 4.69) is 43.6 Å². The third-order valence-electron chi connectivity index (χ3n) is 1.95. The predicted molar refractivity (Wildman–Crippen MR) is 60.6 cm³/mol. The lowest BCUT2D eigenvalue weighted by Crippen LogP contribution is -2.13. The maximum absolute atomic E-state index is 3.73. The van der Waals surface area contributed by atoms with Crippen molar-refractivity contribution in [3.8, 4) is 0 Å². The molecule has 0 heterocycles. The zero-order valence-corrected chi connectivity index (χ0v) is 9.09. The first-order valence-corrected chi connectivity index (χ1v) is 4.86. The van der Waals surface area contributed by atoms with Crippen molar-refractivity contribution in [3.63, 3.8) is 0 Å². The molecule has 0 aliphatic rings. The molecular weight excluding hydrogens is 158 g/mol. The van der Waals surface area contributed by atoms with Crippen molar-refractivity contribution in [1.29, 1.82) is 0 Å². The van der Waals surface area contributed by atoms with E-state index in [1.165, 1.54) is 5.57 Å². The highest BCUT2D eigenvalue weighted by atomic mass is 15.1. The van der Waals surface area contributed by atoms with Crippen LogP contribution in [0.5, 0.6) is 0 Å². The van der Waals surface area contributed by atoms with Crippen LogP contribution >= 0.6 is 0 Å². The Morgan fingerprint density at radius 3 is 2.54 bits per heavy atom. The van der Waals surface area contributed by atoms with E-state index in [4.69, 9.17) is 0 Å². The van der Waals surface area contributed by atoms with E-state index < -0.39 is 0 Å². The molecule has 1 heteroatoms. The Morgan fingerprint density at radius 1 is 1.38 bits per heavy atom. The molecule has 1 nitrogen and oxygen atoms in total. The van der Waals surface area contributed by atoms with Crippen molar-refractivity contribution in [1.82, 2.24) is 4.90 Å². The van der Waals surface area contributed by atoms with Gasteiger partial charge in [0.15, 0.2) is 0 Å². The fraction of sp³-hybridized carbons (Fsp3) is 0.500. The summed E-state index contributed by atoms with van der Waals surface area (Å²) >= 11 is 0. The Kier molecular flexibility index (Phi) is 7.08. The average Bonchev–Trinajstić information content (AvgIpc) is 2.16. The highest BCUT2D eigenvalue weighted by Crippen LogP contribution is 2.04. The summed E-state index contributed by atoms with van der Waals surface area (Å²) in [4.78, 5) is 2.09. The first-order chi connectivity index (χ1) is 6.24. The topological polar surface area (TPSA) is 3.24 Å². The van der Waals surface area contributed by atoms with E-state index in [-0.39, 0.29) is 0 Å². The van der Waals surface area contributed by atoms with Gasteiger partial charge in [-0.05, 0) is 26.0 Å². The maximum atomic E-state index is 3.73. The molecule has 0 aromatic heterocycles. The normalized spacial score (nSPS) is 12.1. The summed E-state index contributed by atoms with van der Waals surface area (Å²) < 4.78 is 0. The van der Waals surface area contributed by atoms with Gasteiger partial charge in [-0.25, -0.2) is 0 Å². The number of allylic oxidation sites excluding steroid dienone is 3. The Labute approximate surface area is 82.4 Å². The lowest BCUT2D eigenvalue weighted by Gasteiger charge is -2.14. The van der Waals surface area contributed by atoms with Gasteiger partial charge in [-0.15, -0.1) is 0 Å². The highest BCUT2D eigenvalue weighted by molar-refractivity contribution is 5.09. The molecule has 0 radical (unpaired) electrons. The first kappa shape index (κ1) is 12.0. The van der Waals surface area contributed by atoms with E-state index in [1.807, 2.05) is 13.2 Å².